The third-order valence-electron chi connectivity index (χ3n) is 3.42. The fourth-order valence-electron chi connectivity index (χ4n) is 2.25. The van der Waals surface area contributed by atoms with Crippen molar-refractivity contribution in [3.8, 4) is 0 Å². The van der Waals surface area contributed by atoms with Crippen LogP contribution in [0, 0.1) is 11.6 Å². The number of ether oxygens (including phenoxy) is 1. The Morgan fingerprint density at radius 2 is 2.05 bits per heavy atom. The Bertz CT molecular complexity index is 615. The van der Waals surface area contributed by atoms with Gasteiger partial charge in [-0.2, -0.15) is 0 Å². The molecule has 0 spiro atoms. The second-order valence-corrected chi connectivity index (χ2v) is 6.55. The normalized spacial score (nSPS) is 22.1. The van der Waals surface area contributed by atoms with E-state index in [9.17, 15) is 17.2 Å². The highest BCUT2D eigenvalue weighted by atomic mass is 32.2. The van der Waals surface area contributed by atoms with Crippen molar-refractivity contribution in [1.82, 2.24) is 4.72 Å². The molecule has 21 heavy (non-hydrogen) atoms. The lowest BCUT2D eigenvalue weighted by molar-refractivity contribution is -0.00476. The summed E-state index contributed by atoms with van der Waals surface area (Å²) in [5, 5.41) is 8.91. The Balaban J connectivity index is 2.14. The van der Waals surface area contributed by atoms with Gasteiger partial charge in [0.1, 0.15) is 10.7 Å². The fraction of sp³-hybridized carbons (Fsp3) is 0.538. The minimum Gasteiger partial charge on any atom is -0.391 e. The molecule has 1 aliphatic carbocycles. The average molecular weight is 321 g/mol. The minimum atomic E-state index is -4.10. The monoisotopic (exact) mass is 321 g/mol. The summed E-state index contributed by atoms with van der Waals surface area (Å²) in [7, 11) is -4.10. The highest BCUT2D eigenvalue weighted by molar-refractivity contribution is 7.89. The van der Waals surface area contributed by atoms with Gasteiger partial charge in [0.25, 0.3) is 0 Å². The first kappa shape index (κ1) is 16.3. The third-order valence-corrected chi connectivity index (χ3v) is 4.96. The van der Waals surface area contributed by atoms with Crippen LogP contribution in [0.4, 0.5) is 8.78 Å². The molecular weight excluding hydrogens is 304 g/mol. The zero-order valence-corrected chi connectivity index (χ0v) is 12.3. The first-order valence-corrected chi connectivity index (χ1v) is 8.09. The van der Waals surface area contributed by atoms with Crippen molar-refractivity contribution < 1.29 is 27.0 Å². The molecule has 118 valence electrons. The molecule has 0 atom stereocenters. The SMILES string of the molecule is CCOC1CC(NS(=O)(=O)c2ccc(F)c(CO)c2F)C1. The maximum atomic E-state index is 14.0. The van der Waals surface area contributed by atoms with Crippen LogP contribution in [-0.2, 0) is 21.4 Å². The average Bonchev–Trinajstić information content (AvgIpc) is 2.36. The molecule has 2 rings (SSSR count). The topological polar surface area (TPSA) is 75.6 Å². The van der Waals surface area contributed by atoms with Gasteiger partial charge in [-0.25, -0.2) is 21.9 Å². The van der Waals surface area contributed by atoms with E-state index >= 15 is 0 Å². The van der Waals surface area contributed by atoms with E-state index in [0.717, 1.165) is 12.1 Å². The van der Waals surface area contributed by atoms with Crippen LogP contribution in [0.3, 0.4) is 0 Å². The molecule has 2 N–H and O–H groups in total. The molecule has 0 unspecified atom stereocenters. The summed E-state index contributed by atoms with van der Waals surface area (Å²) in [6, 6.07) is 1.35. The number of halogens is 2. The second-order valence-electron chi connectivity index (χ2n) is 4.86. The van der Waals surface area contributed by atoms with Gasteiger partial charge in [0.15, 0.2) is 5.82 Å². The smallest absolute Gasteiger partial charge is 0.243 e. The number of aliphatic hydroxyl groups is 1. The number of hydrogen-bond donors (Lipinski definition) is 2. The second kappa shape index (κ2) is 6.35. The lowest BCUT2D eigenvalue weighted by Gasteiger charge is -2.35. The van der Waals surface area contributed by atoms with Crippen molar-refractivity contribution in [2.45, 2.75) is 43.4 Å². The van der Waals surface area contributed by atoms with Crippen LogP contribution in [-0.4, -0.2) is 32.3 Å². The summed E-state index contributed by atoms with van der Waals surface area (Å²) < 4.78 is 59.1. The summed E-state index contributed by atoms with van der Waals surface area (Å²) in [4.78, 5) is -0.659. The van der Waals surface area contributed by atoms with Gasteiger partial charge in [0, 0.05) is 12.6 Å². The molecule has 0 heterocycles. The predicted octanol–water partition coefficient (Wildman–Crippen LogP) is 1.30. The maximum Gasteiger partial charge on any atom is 0.243 e. The molecule has 0 aromatic heterocycles. The lowest BCUT2D eigenvalue weighted by atomic mass is 9.90. The molecule has 1 saturated carbocycles. The Morgan fingerprint density at radius 1 is 1.38 bits per heavy atom. The van der Waals surface area contributed by atoms with Gasteiger partial charge < -0.3 is 9.84 Å². The zero-order chi connectivity index (χ0) is 15.6. The van der Waals surface area contributed by atoms with Crippen molar-refractivity contribution >= 4 is 10.0 Å². The van der Waals surface area contributed by atoms with Crippen LogP contribution in [0.25, 0.3) is 0 Å². The molecular formula is C13H17F2NO4S. The third kappa shape index (κ3) is 3.39. The van der Waals surface area contributed by atoms with Crippen molar-refractivity contribution in [3.63, 3.8) is 0 Å². The largest absolute Gasteiger partial charge is 0.391 e. The summed E-state index contributed by atoms with van der Waals surface area (Å²) in [5.41, 5.74) is -0.654. The van der Waals surface area contributed by atoms with Gasteiger partial charge in [-0.1, -0.05) is 0 Å². The Kier molecular flexibility index (Phi) is 4.92. The Labute approximate surface area is 122 Å². The van der Waals surface area contributed by atoms with E-state index in [1.165, 1.54) is 0 Å². The highest BCUT2D eigenvalue weighted by Crippen LogP contribution is 2.27. The van der Waals surface area contributed by atoms with Crippen LogP contribution in [0.15, 0.2) is 17.0 Å². The first-order chi connectivity index (χ1) is 9.89. The maximum absolute atomic E-state index is 14.0. The summed E-state index contributed by atoms with van der Waals surface area (Å²) >= 11 is 0. The van der Waals surface area contributed by atoms with Gasteiger partial charge in [0.05, 0.1) is 18.3 Å². The number of hydrogen-bond acceptors (Lipinski definition) is 4. The molecule has 0 aliphatic heterocycles. The van der Waals surface area contributed by atoms with Gasteiger partial charge in [0.2, 0.25) is 10.0 Å². The first-order valence-electron chi connectivity index (χ1n) is 6.60. The van der Waals surface area contributed by atoms with E-state index in [2.05, 4.69) is 4.72 Å². The zero-order valence-electron chi connectivity index (χ0n) is 11.5. The standard InChI is InChI=1S/C13H17F2NO4S/c1-2-20-9-5-8(6-9)16-21(18,19)12-4-3-11(14)10(7-17)13(12)15/h3-4,8-9,16-17H,2,5-7H2,1H3. The van der Waals surface area contributed by atoms with Crippen LogP contribution in [0.2, 0.25) is 0 Å². The fourth-order valence-corrected chi connectivity index (χ4v) is 3.61. The van der Waals surface area contributed by atoms with E-state index in [-0.39, 0.29) is 12.1 Å². The van der Waals surface area contributed by atoms with Crippen molar-refractivity contribution in [2.24, 2.45) is 0 Å². The lowest BCUT2D eigenvalue weighted by Crippen LogP contribution is -2.47. The van der Waals surface area contributed by atoms with E-state index in [1.807, 2.05) is 6.92 Å². The quantitative estimate of drug-likeness (QED) is 0.828. The molecule has 1 aromatic carbocycles. The minimum absolute atomic E-state index is 0.00812. The summed E-state index contributed by atoms with van der Waals surface area (Å²) in [6.45, 7) is 1.50. The molecule has 0 bridgehead atoms. The molecule has 1 fully saturated rings. The number of aliphatic hydroxyl groups excluding tert-OH is 1. The summed E-state index contributed by atoms with van der Waals surface area (Å²) in [5.74, 6) is -2.24. The van der Waals surface area contributed by atoms with E-state index in [4.69, 9.17) is 9.84 Å². The number of sulfonamides is 1. The molecule has 0 saturated heterocycles. The van der Waals surface area contributed by atoms with E-state index in [0.29, 0.717) is 19.4 Å². The van der Waals surface area contributed by atoms with E-state index < -0.39 is 38.7 Å². The van der Waals surface area contributed by atoms with Crippen molar-refractivity contribution in [3.05, 3.63) is 29.3 Å². The number of benzene rings is 1. The van der Waals surface area contributed by atoms with Crippen LogP contribution in [0.1, 0.15) is 25.3 Å². The van der Waals surface area contributed by atoms with Crippen molar-refractivity contribution in [2.75, 3.05) is 6.61 Å². The molecule has 1 aliphatic rings. The summed E-state index contributed by atoms with van der Waals surface area (Å²) in [6.07, 6.45) is 1.04. The Morgan fingerprint density at radius 3 is 2.62 bits per heavy atom. The molecule has 1 aromatic rings. The van der Waals surface area contributed by atoms with Gasteiger partial charge in [-0.15, -0.1) is 0 Å². The van der Waals surface area contributed by atoms with Crippen molar-refractivity contribution in [1.29, 1.82) is 0 Å². The number of nitrogens with one attached hydrogen (secondary N) is 1. The predicted molar refractivity (Wildman–Crippen MR) is 71.0 cm³/mol. The number of rotatable bonds is 6. The molecule has 0 radical (unpaired) electrons. The van der Waals surface area contributed by atoms with Crippen LogP contribution >= 0.6 is 0 Å². The van der Waals surface area contributed by atoms with Gasteiger partial charge in [-0.3, -0.25) is 0 Å². The van der Waals surface area contributed by atoms with E-state index in [1.54, 1.807) is 0 Å². The van der Waals surface area contributed by atoms with Gasteiger partial charge >= 0.3 is 0 Å². The van der Waals surface area contributed by atoms with Crippen LogP contribution in [0.5, 0.6) is 0 Å². The highest BCUT2D eigenvalue weighted by Gasteiger charge is 2.34. The van der Waals surface area contributed by atoms with Gasteiger partial charge in [-0.05, 0) is 31.9 Å². The van der Waals surface area contributed by atoms with Crippen LogP contribution < -0.4 is 4.72 Å². The molecule has 8 heteroatoms. The molecule has 0 amide bonds. The Hall–Kier alpha value is -1.09. The molecule has 5 nitrogen and oxygen atoms in total.